The molecular formula is C14H18N6O4. The minimum atomic E-state index is -0.409. The van der Waals surface area contributed by atoms with E-state index in [0.29, 0.717) is 0 Å². The van der Waals surface area contributed by atoms with E-state index in [4.69, 9.17) is 0 Å². The van der Waals surface area contributed by atoms with Gasteiger partial charge in [0.1, 0.15) is 5.69 Å². The average Bonchev–Trinajstić information content (AvgIpc) is 2.44. The number of rotatable bonds is 2. The molecule has 0 spiro atoms. The number of fused-ring (bicyclic) bond motifs is 1. The number of nitrogens with zero attached hydrogens (tertiary/aromatic N) is 4. The Kier molecular flexibility index (Phi) is 4.77. The van der Waals surface area contributed by atoms with Crippen LogP contribution in [0.3, 0.4) is 0 Å². The van der Waals surface area contributed by atoms with E-state index in [1.165, 1.54) is 37.5 Å². The number of hydrogen-bond donors (Lipinski definition) is 2. The van der Waals surface area contributed by atoms with Crippen molar-refractivity contribution >= 4 is 46.9 Å². The van der Waals surface area contributed by atoms with Gasteiger partial charge in [-0.1, -0.05) is 0 Å². The van der Waals surface area contributed by atoms with Gasteiger partial charge in [0.15, 0.2) is 11.6 Å². The summed E-state index contributed by atoms with van der Waals surface area (Å²) in [5.74, 6) is -1.22. The Bertz CT molecular complexity index is 732. The Labute approximate surface area is 138 Å². The van der Waals surface area contributed by atoms with Gasteiger partial charge >= 0.3 is 0 Å². The molecule has 2 N–H and O–H groups in total. The van der Waals surface area contributed by atoms with Crippen LogP contribution in [0.5, 0.6) is 0 Å². The minimum Gasteiger partial charge on any atom is -0.309 e. The molecule has 10 heteroatoms. The third-order valence-electron chi connectivity index (χ3n) is 3.28. The first-order chi connectivity index (χ1) is 11.2. The van der Waals surface area contributed by atoms with Crippen LogP contribution in [-0.2, 0) is 19.2 Å². The predicted molar refractivity (Wildman–Crippen MR) is 86.7 cm³/mol. The third kappa shape index (κ3) is 3.47. The fraction of sp³-hybridized carbons (Fsp3) is 0.429. The van der Waals surface area contributed by atoms with Crippen LogP contribution in [0.1, 0.15) is 27.7 Å². The summed E-state index contributed by atoms with van der Waals surface area (Å²) in [5.41, 5.74) is 0.230. The highest BCUT2D eigenvalue weighted by atomic mass is 16.2. The van der Waals surface area contributed by atoms with Gasteiger partial charge in [0.05, 0.1) is 0 Å². The minimum absolute atomic E-state index is 0.0531. The van der Waals surface area contributed by atoms with Gasteiger partial charge in [-0.15, -0.1) is 0 Å². The van der Waals surface area contributed by atoms with Crippen molar-refractivity contribution in [3.05, 3.63) is 0 Å². The molecule has 2 rings (SSSR count). The molecule has 1 aromatic rings. The molecule has 0 radical (unpaired) electrons. The van der Waals surface area contributed by atoms with E-state index in [1.54, 1.807) is 0 Å². The summed E-state index contributed by atoms with van der Waals surface area (Å²) in [4.78, 5) is 57.6. The fourth-order valence-corrected chi connectivity index (χ4v) is 2.39. The number of carbonyl (C=O) groups excluding carboxylic acids is 4. The van der Waals surface area contributed by atoms with Crippen LogP contribution in [0.15, 0.2) is 0 Å². The zero-order valence-corrected chi connectivity index (χ0v) is 13.8. The molecule has 0 bridgehead atoms. The van der Waals surface area contributed by atoms with E-state index in [2.05, 4.69) is 20.6 Å². The van der Waals surface area contributed by atoms with Crippen LogP contribution in [0.2, 0.25) is 0 Å². The molecule has 1 aromatic heterocycles. The van der Waals surface area contributed by atoms with Crippen molar-refractivity contribution in [2.45, 2.75) is 27.7 Å². The lowest BCUT2D eigenvalue weighted by molar-refractivity contribution is -0.118. The van der Waals surface area contributed by atoms with E-state index < -0.39 is 11.8 Å². The van der Waals surface area contributed by atoms with Crippen molar-refractivity contribution in [3.63, 3.8) is 0 Å². The van der Waals surface area contributed by atoms with Crippen LogP contribution in [0.25, 0.3) is 0 Å². The van der Waals surface area contributed by atoms with Crippen LogP contribution in [0, 0.1) is 0 Å². The number of carbonyl (C=O) groups is 4. The first kappa shape index (κ1) is 17.3. The van der Waals surface area contributed by atoms with Gasteiger partial charge in [0.25, 0.3) is 0 Å². The van der Waals surface area contributed by atoms with Gasteiger partial charge in [-0.3, -0.25) is 29.4 Å². The molecule has 4 amide bonds. The van der Waals surface area contributed by atoms with Crippen molar-refractivity contribution in [2.24, 2.45) is 0 Å². The Morgan fingerprint density at radius 3 is 1.88 bits per heavy atom. The molecule has 24 heavy (non-hydrogen) atoms. The molecule has 0 fully saturated rings. The smallest absolute Gasteiger partial charge is 0.233 e. The van der Waals surface area contributed by atoms with E-state index >= 15 is 0 Å². The maximum Gasteiger partial charge on any atom is 0.233 e. The number of aromatic nitrogens is 2. The molecular weight excluding hydrogens is 316 g/mol. The number of hydrogen-bond acceptors (Lipinski definition) is 6. The van der Waals surface area contributed by atoms with Gasteiger partial charge in [-0.2, -0.15) is 9.97 Å². The van der Waals surface area contributed by atoms with Crippen molar-refractivity contribution in [1.82, 2.24) is 9.97 Å². The Balaban J connectivity index is 2.69. The Morgan fingerprint density at radius 1 is 0.833 bits per heavy atom. The third-order valence-corrected chi connectivity index (χ3v) is 3.28. The maximum atomic E-state index is 11.9. The molecule has 0 atom stereocenters. The normalized spacial score (nSPS) is 13.2. The van der Waals surface area contributed by atoms with Crippen molar-refractivity contribution in [1.29, 1.82) is 0 Å². The zero-order valence-electron chi connectivity index (χ0n) is 13.8. The molecule has 1 aliphatic heterocycles. The molecule has 0 saturated heterocycles. The van der Waals surface area contributed by atoms with Crippen LogP contribution >= 0.6 is 0 Å². The monoisotopic (exact) mass is 334 g/mol. The first-order valence-electron chi connectivity index (χ1n) is 7.24. The second-order valence-corrected chi connectivity index (χ2v) is 5.27. The highest BCUT2D eigenvalue weighted by Crippen LogP contribution is 2.38. The number of amides is 4. The van der Waals surface area contributed by atoms with Crippen LogP contribution in [-0.4, -0.2) is 46.7 Å². The molecule has 0 unspecified atom stereocenters. The maximum absolute atomic E-state index is 11.9. The van der Waals surface area contributed by atoms with Crippen molar-refractivity contribution in [2.75, 3.05) is 33.5 Å². The van der Waals surface area contributed by atoms with Gasteiger partial charge in [0.2, 0.25) is 29.6 Å². The summed E-state index contributed by atoms with van der Waals surface area (Å²) < 4.78 is 0. The SMILES string of the molecule is CC(=O)Nc1nc(NC(C)=O)c2c(n1)N(C(C)=O)CCN2C(C)=O. The quantitative estimate of drug-likeness (QED) is 0.791. The van der Waals surface area contributed by atoms with Gasteiger partial charge < -0.3 is 10.2 Å². The van der Waals surface area contributed by atoms with Crippen LogP contribution < -0.4 is 20.4 Å². The summed E-state index contributed by atoms with van der Waals surface area (Å²) in [5, 5.41) is 4.94. The second-order valence-electron chi connectivity index (χ2n) is 5.27. The Morgan fingerprint density at radius 2 is 1.38 bits per heavy atom. The van der Waals surface area contributed by atoms with E-state index in [-0.39, 0.29) is 48.2 Å². The lowest BCUT2D eigenvalue weighted by Gasteiger charge is -2.35. The lowest BCUT2D eigenvalue weighted by Crippen LogP contribution is -2.46. The lowest BCUT2D eigenvalue weighted by atomic mass is 10.2. The molecule has 10 nitrogen and oxygen atoms in total. The summed E-state index contributed by atoms with van der Waals surface area (Å²) in [7, 11) is 0. The summed E-state index contributed by atoms with van der Waals surface area (Å²) in [6.07, 6.45) is 0. The summed E-state index contributed by atoms with van der Waals surface area (Å²) in [6, 6.07) is 0. The topological polar surface area (TPSA) is 125 Å². The van der Waals surface area contributed by atoms with Gasteiger partial charge in [-0.05, 0) is 0 Å². The van der Waals surface area contributed by atoms with Crippen molar-refractivity contribution in [3.8, 4) is 0 Å². The number of anilines is 4. The van der Waals surface area contributed by atoms with E-state index in [0.717, 1.165) is 0 Å². The van der Waals surface area contributed by atoms with Gasteiger partial charge in [0, 0.05) is 40.8 Å². The first-order valence-corrected chi connectivity index (χ1v) is 7.24. The molecule has 0 aromatic carbocycles. The summed E-state index contributed by atoms with van der Waals surface area (Å²) in [6.45, 7) is 5.80. The Hall–Kier alpha value is -3.04. The fourth-order valence-electron chi connectivity index (χ4n) is 2.39. The van der Waals surface area contributed by atoms with Crippen LogP contribution in [0.4, 0.5) is 23.3 Å². The largest absolute Gasteiger partial charge is 0.309 e. The molecule has 128 valence electrons. The molecule has 0 saturated carbocycles. The highest BCUT2D eigenvalue weighted by molar-refractivity contribution is 6.07. The van der Waals surface area contributed by atoms with Crippen molar-refractivity contribution < 1.29 is 19.2 Å². The average molecular weight is 334 g/mol. The standard InChI is InChI=1S/C14H18N6O4/c1-7(21)15-12-11-13(18-14(17-12)16-8(2)22)20(10(4)24)6-5-19(11)9(3)23/h5-6H2,1-4H3,(H2,15,16,17,18,21,22). The number of nitrogens with one attached hydrogen (secondary N) is 2. The molecule has 2 heterocycles. The molecule has 0 aliphatic carbocycles. The van der Waals surface area contributed by atoms with E-state index in [9.17, 15) is 19.2 Å². The molecule has 1 aliphatic rings. The highest BCUT2D eigenvalue weighted by Gasteiger charge is 2.33. The van der Waals surface area contributed by atoms with E-state index in [1.807, 2.05) is 0 Å². The van der Waals surface area contributed by atoms with Gasteiger partial charge in [-0.25, -0.2) is 0 Å². The summed E-state index contributed by atoms with van der Waals surface area (Å²) >= 11 is 0. The predicted octanol–water partition coefficient (Wildman–Crippen LogP) is 0.113. The second kappa shape index (κ2) is 6.60. The zero-order chi connectivity index (χ0) is 18.0.